The van der Waals surface area contributed by atoms with Crippen LogP contribution < -0.4 is 10.2 Å². The third-order valence-electron chi connectivity index (χ3n) is 3.93. The molecule has 0 aliphatic carbocycles. The average Bonchev–Trinajstić information content (AvgIpc) is 2.69. The van der Waals surface area contributed by atoms with Crippen molar-refractivity contribution in [3.8, 4) is 5.75 Å². The highest BCUT2D eigenvalue weighted by atomic mass is 79.9. The van der Waals surface area contributed by atoms with E-state index in [9.17, 15) is 9.18 Å². The fourth-order valence-corrected chi connectivity index (χ4v) is 3.05. The van der Waals surface area contributed by atoms with Crippen LogP contribution in [0.3, 0.4) is 0 Å². The number of carbonyl (C=O) groups excluding carboxylic acids is 1. The number of ether oxygens (including phenoxy) is 1. The first-order valence-electron chi connectivity index (χ1n) is 8.73. The Labute approximate surface area is 181 Å². The van der Waals surface area contributed by atoms with Gasteiger partial charge in [0.25, 0.3) is 0 Å². The molecule has 1 N–H and O–H groups in total. The molecule has 0 saturated heterocycles. The molecule has 0 atom stereocenters. The van der Waals surface area contributed by atoms with E-state index in [0.717, 1.165) is 10.0 Å². The molecule has 148 valence electrons. The molecule has 0 aliphatic heterocycles. The van der Waals surface area contributed by atoms with Gasteiger partial charge in [-0.3, -0.25) is 4.79 Å². The summed E-state index contributed by atoms with van der Waals surface area (Å²) in [6.07, 6.45) is 1.70. The Hall–Kier alpha value is -2.70. The zero-order chi connectivity index (χ0) is 20.6. The lowest BCUT2D eigenvalue weighted by molar-refractivity contribution is -0.120. The van der Waals surface area contributed by atoms with Crippen LogP contribution in [0.4, 0.5) is 4.39 Å². The molecule has 0 saturated carbocycles. The van der Waals surface area contributed by atoms with Crippen LogP contribution in [0.1, 0.15) is 16.7 Å². The second kappa shape index (κ2) is 10.2. The summed E-state index contributed by atoms with van der Waals surface area (Å²) in [5.74, 6) is 0.000974. The summed E-state index contributed by atoms with van der Waals surface area (Å²) >= 11 is 9.25. The van der Waals surface area contributed by atoms with Crippen molar-refractivity contribution in [3.63, 3.8) is 0 Å². The number of carbonyl (C=O) groups is 1. The predicted octanol–water partition coefficient (Wildman–Crippen LogP) is 5.51. The number of hydrazone groups is 1. The van der Waals surface area contributed by atoms with Gasteiger partial charge in [0, 0.05) is 15.1 Å². The monoisotopic (exact) mass is 474 g/mol. The van der Waals surface area contributed by atoms with E-state index < -0.39 is 0 Å². The van der Waals surface area contributed by atoms with Gasteiger partial charge < -0.3 is 4.74 Å². The van der Waals surface area contributed by atoms with Gasteiger partial charge in [0.15, 0.2) is 0 Å². The van der Waals surface area contributed by atoms with E-state index in [4.69, 9.17) is 16.3 Å². The molecule has 0 aromatic heterocycles. The number of hydrogen-bond donors (Lipinski definition) is 1. The lowest BCUT2D eigenvalue weighted by Crippen LogP contribution is -2.19. The number of benzene rings is 3. The number of hydrogen-bond acceptors (Lipinski definition) is 3. The Morgan fingerprint density at radius 1 is 1.10 bits per heavy atom. The second-order valence-corrected chi connectivity index (χ2v) is 7.55. The normalized spacial score (nSPS) is 10.9. The maximum Gasteiger partial charge on any atom is 0.244 e. The third kappa shape index (κ3) is 6.69. The van der Waals surface area contributed by atoms with Gasteiger partial charge in [0.2, 0.25) is 5.91 Å². The summed E-state index contributed by atoms with van der Waals surface area (Å²) < 4.78 is 19.9. The smallest absolute Gasteiger partial charge is 0.244 e. The summed E-state index contributed by atoms with van der Waals surface area (Å²) in [6, 6.07) is 18.7. The van der Waals surface area contributed by atoms with Crippen molar-refractivity contribution in [2.45, 2.75) is 13.0 Å². The molecule has 0 fully saturated rings. The molecular formula is C22H17BrClFN2O2. The third-order valence-corrected chi connectivity index (χ3v) is 4.67. The molecule has 29 heavy (non-hydrogen) atoms. The fraction of sp³-hybridized carbons (Fsp3) is 0.0909. The van der Waals surface area contributed by atoms with Crippen molar-refractivity contribution in [1.29, 1.82) is 0 Å². The number of rotatable bonds is 7. The zero-order valence-corrected chi connectivity index (χ0v) is 17.6. The number of amides is 1. The predicted molar refractivity (Wildman–Crippen MR) is 116 cm³/mol. The summed E-state index contributed by atoms with van der Waals surface area (Å²) in [5.41, 5.74) is 4.72. The van der Waals surface area contributed by atoms with E-state index >= 15 is 0 Å². The van der Waals surface area contributed by atoms with Gasteiger partial charge >= 0.3 is 0 Å². The molecule has 0 aliphatic rings. The van der Waals surface area contributed by atoms with Crippen LogP contribution in [0.2, 0.25) is 5.02 Å². The zero-order valence-electron chi connectivity index (χ0n) is 15.2. The molecular weight excluding hydrogens is 459 g/mol. The van der Waals surface area contributed by atoms with Crippen molar-refractivity contribution in [2.24, 2.45) is 5.10 Å². The Morgan fingerprint density at radius 2 is 1.90 bits per heavy atom. The Bertz CT molecular complexity index is 1030. The first-order chi connectivity index (χ1) is 14.0. The lowest BCUT2D eigenvalue weighted by Gasteiger charge is -2.10. The van der Waals surface area contributed by atoms with E-state index in [1.54, 1.807) is 42.5 Å². The molecule has 4 nitrogen and oxygen atoms in total. The highest BCUT2D eigenvalue weighted by molar-refractivity contribution is 9.10. The van der Waals surface area contributed by atoms with Crippen LogP contribution in [0.5, 0.6) is 5.75 Å². The average molecular weight is 476 g/mol. The summed E-state index contributed by atoms with van der Waals surface area (Å²) in [5, 5.41) is 4.63. The molecule has 0 unspecified atom stereocenters. The number of halogens is 3. The van der Waals surface area contributed by atoms with E-state index in [0.29, 0.717) is 21.9 Å². The van der Waals surface area contributed by atoms with E-state index in [1.807, 2.05) is 12.1 Å². The van der Waals surface area contributed by atoms with Crippen molar-refractivity contribution >= 4 is 39.7 Å². The van der Waals surface area contributed by atoms with E-state index in [1.165, 1.54) is 18.3 Å². The van der Waals surface area contributed by atoms with Crippen LogP contribution in [-0.2, 0) is 17.8 Å². The van der Waals surface area contributed by atoms with Crippen LogP contribution in [0, 0.1) is 5.82 Å². The molecule has 0 spiro atoms. The summed E-state index contributed by atoms with van der Waals surface area (Å²) in [7, 11) is 0. The van der Waals surface area contributed by atoms with E-state index in [-0.39, 0.29) is 24.8 Å². The van der Waals surface area contributed by atoms with Crippen molar-refractivity contribution in [2.75, 3.05) is 0 Å². The van der Waals surface area contributed by atoms with Crippen molar-refractivity contribution in [3.05, 3.63) is 98.7 Å². The van der Waals surface area contributed by atoms with Crippen LogP contribution in [0.15, 0.2) is 76.3 Å². The van der Waals surface area contributed by atoms with Gasteiger partial charge in [-0.1, -0.05) is 51.8 Å². The molecule has 3 aromatic rings. The standard InChI is InChI=1S/C22H17BrClFN2O2/c23-18-6-9-21(29-14-16-2-1-3-20(25)10-16)17(12-18)13-26-27-22(28)11-15-4-7-19(24)8-5-15/h1-10,12-13H,11,14H2,(H,27,28)/b26-13-. The first kappa shape index (κ1) is 21.0. The Morgan fingerprint density at radius 3 is 2.66 bits per heavy atom. The molecule has 0 heterocycles. The number of nitrogens with one attached hydrogen (secondary N) is 1. The highest BCUT2D eigenvalue weighted by Gasteiger charge is 2.06. The first-order valence-corrected chi connectivity index (χ1v) is 9.90. The largest absolute Gasteiger partial charge is 0.488 e. The minimum atomic E-state index is -0.313. The molecule has 3 rings (SSSR count). The topological polar surface area (TPSA) is 50.7 Å². The van der Waals surface area contributed by atoms with Crippen LogP contribution in [-0.4, -0.2) is 12.1 Å². The molecule has 1 amide bonds. The molecule has 7 heteroatoms. The maximum absolute atomic E-state index is 13.3. The van der Waals surface area contributed by atoms with Gasteiger partial charge in [-0.15, -0.1) is 0 Å². The van der Waals surface area contributed by atoms with E-state index in [2.05, 4.69) is 26.5 Å². The minimum absolute atomic E-state index is 0.190. The van der Waals surface area contributed by atoms with Gasteiger partial charge in [0.1, 0.15) is 18.2 Å². The van der Waals surface area contributed by atoms with Gasteiger partial charge in [-0.05, 0) is 53.6 Å². The summed E-state index contributed by atoms with van der Waals surface area (Å²) in [4.78, 5) is 12.0. The Kier molecular flexibility index (Phi) is 7.38. The molecule has 0 bridgehead atoms. The minimum Gasteiger partial charge on any atom is -0.488 e. The second-order valence-electron chi connectivity index (χ2n) is 6.20. The van der Waals surface area contributed by atoms with Gasteiger partial charge in [-0.2, -0.15) is 5.10 Å². The lowest BCUT2D eigenvalue weighted by atomic mass is 10.1. The Balaban J connectivity index is 1.62. The molecule has 3 aromatic carbocycles. The van der Waals surface area contributed by atoms with Crippen LogP contribution in [0.25, 0.3) is 0 Å². The van der Waals surface area contributed by atoms with Crippen LogP contribution >= 0.6 is 27.5 Å². The SMILES string of the molecule is O=C(Cc1ccc(Cl)cc1)N/N=C\c1cc(Br)ccc1OCc1cccc(F)c1. The quantitative estimate of drug-likeness (QED) is 0.362. The molecule has 0 radical (unpaired) electrons. The van der Waals surface area contributed by atoms with Crippen molar-refractivity contribution in [1.82, 2.24) is 5.43 Å². The van der Waals surface area contributed by atoms with Gasteiger partial charge in [0.05, 0.1) is 12.6 Å². The summed E-state index contributed by atoms with van der Waals surface area (Å²) in [6.45, 7) is 0.211. The highest BCUT2D eigenvalue weighted by Crippen LogP contribution is 2.23. The fourth-order valence-electron chi connectivity index (χ4n) is 2.54. The van der Waals surface area contributed by atoms with Gasteiger partial charge in [-0.25, -0.2) is 9.82 Å². The van der Waals surface area contributed by atoms with Crippen molar-refractivity contribution < 1.29 is 13.9 Å². The number of nitrogens with zero attached hydrogens (tertiary/aromatic N) is 1. The maximum atomic E-state index is 13.3.